The summed E-state index contributed by atoms with van der Waals surface area (Å²) in [5.74, 6) is -0.574. The first-order chi connectivity index (χ1) is 13.3. The van der Waals surface area contributed by atoms with Crippen molar-refractivity contribution in [3.63, 3.8) is 0 Å². The molecule has 1 N–H and O–H groups in total. The molecule has 0 radical (unpaired) electrons. The van der Waals surface area contributed by atoms with E-state index in [0.717, 1.165) is 0 Å². The molecule has 2 rings (SSSR count). The molecular weight excluding hydrogens is 448 g/mol. The summed E-state index contributed by atoms with van der Waals surface area (Å²) in [5, 5.41) is 12.6. The number of anilines is 1. The van der Waals surface area contributed by atoms with Crippen molar-refractivity contribution >= 4 is 51.2 Å². The van der Waals surface area contributed by atoms with E-state index in [2.05, 4.69) is 21.2 Å². The highest BCUT2D eigenvalue weighted by Crippen LogP contribution is 2.35. The Morgan fingerprint density at radius 3 is 2.61 bits per heavy atom. The van der Waals surface area contributed by atoms with Crippen molar-refractivity contribution in [3.05, 3.63) is 56.5 Å². The number of carbonyl (C=O) groups excluding carboxylic acids is 2. The van der Waals surface area contributed by atoms with Crippen LogP contribution in [-0.2, 0) is 9.59 Å². The summed E-state index contributed by atoms with van der Waals surface area (Å²) in [5.41, 5.74) is 1.59. The van der Waals surface area contributed by atoms with Gasteiger partial charge in [-0.3, -0.25) is 9.59 Å². The fraction of sp³-hybridized carbons (Fsp3) is 0.150. The fourth-order valence-electron chi connectivity index (χ4n) is 2.29. The number of esters is 1. The molecule has 0 fully saturated rings. The largest absolute Gasteiger partial charge is 0.493 e. The average Bonchev–Trinajstić information content (AvgIpc) is 2.64. The topological polar surface area (TPSA) is 88.4 Å². The molecule has 0 heterocycles. The van der Waals surface area contributed by atoms with Crippen LogP contribution in [-0.4, -0.2) is 19.0 Å². The Morgan fingerprint density at radius 1 is 1.29 bits per heavy atom. The highest BCUT2D eigenvalue weighted by Gasteiger charge is 2.15. The second-order valence-corrected chi connectivity index (χ2v) is 6.92. The normalized spacial score (nSPS) is 10.8. The monoisotopic (exact) mass is 462 g/mol. The minimum atomic E-state index is -0.581. The third-order valence-electron chi connectivity index (χ3n) is 3.72. The van der Waals surface area contributed by atoms with Gasteiger partial charge in [-0.2, -0.15) is 5.26 Å². The van der Waals surface area contributed by atoms with Gasteiger partial charge in [-0.1, -0.05) is 33.6 Å². The van der Waals surface area contributed by atoms with E-state index in [4.69, 9.17) is 21.1 Å². The van der Waals surface area contributed by atoms with Crippen LogP contribution in [0.4, 0.5) is 5.69 Å². The van der Waals surface area contributed by atoms with E-state index in [9.17, 15) is 14.9 Å². The van der Waals surface area contributed by atoms with Gasteiger partial charge >= 0.3 is 5.97 Å². The summed E-state index contributed by atoms with van der Waals surface area (Å²) in [7, 11) is 1.42. The molecule has 0 saturated heterocycles. The molecule has 1 amide bonds. The lowest BCUT2D eigenvalue weighted by molar-refractivity contribution is -0.132. The van der Waals surface area contributed by atoms with Gasteiger partial charge in [0.1, 0.15) is 11.6 Å². The Hall–Kier alpha value is -2.82. The number of ether oxygens (including phenoxy) is 2. The van der Waals surface area contributed by atoms with Crippen molar-refractivity contribution in [2.75, 3.05) is 12.4 Å². The molecular formula is C20H16BrClN2O4. The Balaban J connectivity index is 2.38. The van der Waals surface area contributed by atoms with Gasteiger partial charge in [-0.25, -0.2) is 0 Å². The number of methoxy groups -OCH3 is 1. The number of nitriles is 1. The van der Waals surface area contributed by atoms with E-state index in [1.165, 1.54) is 26.2 Å². The minimum absolute atomic E-state index is 0.123. The average molecular weight is 464 g/mol. The van der Waals surface area contributed by atoms with Gasteiger partial charge in [0, 0.05) is 22.1 Å². The number of benzene rings is 2. The van der Waals surface area contributed by atoms with Crippen LogP contribution in [0, 0.1) is 18.3 Å². The summed E-state index contributed by atoms with van der Waals surface area (Å²) in [4.78, 5) is 23.7. The first kappa shape index (κ1) is 21.5. The first-order valence-corrected chi connectivity index (χ1v) is 9.18. The molecule has 28 heavy (non-hydrogen) atoms. The molecule has 0 aliphatic carbocycles. The van der Waals surface area contributed by atoms with E-state index in [-0.39, 0.29) is 17.1 Å². The van der Waals surface area contributed by atoms with Gasteiger partial charge < -0.3 is 14.8 Å². The van der Waals surface area contributed by atoms with Crippen LogP contribution < -0.4 is 14.8 Å². The summed E-state index contributed by atoms with van der Waals surface area (Å²) in [6.07, 6.45) is 1.40. The molecule has 2 aromatic rings. The third-order valence-corrected chi connectivity index (χ3v) is 4.81. The Bertz CT molecular complexity index is 1010. The maximum atomic E-state index is 12.5. The zero-order valence-electron chi connectivity index (χ0n) is 15.3. The SMILES string of the molecule is COc1cc(/C=C(\C#N)C(=O)Nc2cccc(Cl)c2C)c(Br)cc1OC(C)=O. The molecule has 0 spiro atoms. The summed E-state index contributed by atoms with van der Waals surface area (Å²) in [6.45, 7) is 3.04. The molecule has 0 aromatic heterocycles. The number of hydrogen-bond donors (Lipinski definition) is 1. The summed E-state index contributed by atoms with van der Waals surface area (Å²) < 4.78 is 10.8. The number of rotatable bonds is 5. The highest BCUT2D eigenvalue weighted by molar-refractivity contribution is 9.10. The van der Waals surface area contributed by atoms with Crippen molar-refractivity contribution in [3.8, 4) is 17.6 Å². The van der Waals surface area contributed by atoms with Crippen LogP contribution in [0.5, 0.6) is 11.5 Å². The smallest absolute Gasteiger partial charge is 0.308 e. The quantitative estimate of drug-likeness (QED) is 0.295. The summed E-state index contributed by atoms with van der Waals surface area (Å²) in [6, 6.07) is 10.1. The molecule has 144 valence electrons. The van der Waals surface area contributed by atoms with Crippen LogP contribution in [0.1, 0.15) is 18.1 Å². The molecule has 8 heteroatoms. The molecule has 0 atom stereocenters. The number of carbonyl (C=O) groups is 2. The van der Waals surface area contributed by atoms with E-state index < -0.39 is 11.9 Å². The van der Waals surface area contributed by atoms with Crippen LogP contribution in [0.3, 0.4) is 0 Å². The molecule has 0 bridgehead atoms. The van der Waals surface area contributed by atoms with Crippen molar-refractivity contribution in [2.45, 2.75) is 13.8 Å². The number of nitrogens with zero attached hydrogens (tertiary/aromatic N) is 1. The van der Waals surface area contributed by atoms with Crippen molar-refractivity contribution < 1.29 is 19.1 Å². The Labute approximate surface area is 175 Å². The van der Waals surface area contributed by atoms with Gasteiger partial charge in [0.2, 0.25) is 0 Å². The van der Waals surface area contributed by atoms with E-state index >= 15 is 0 Å². The maximum absolute atomic E-state index is 12.5. The first-order valence-electron chi connectivity index (χ1n) is 8.01. The summed E-state index contributed by atoms with van der Waals surface area (Å²) >= 11 is 9.40. The third kappa shape index (κ3) is 5.12. The molecule has 0 unspecified atom stereocenters. The van der Waals surface area contributed by atoms with Crippen LogP contribution in [0.25, 0.3) is 6.08 Å². The number of nitrogens with one attached hydrogen (secondary N) is 1. The van der Waals surface area contributed by atoms with Gasteiger partial charge in [-0.15, -0.1) is 0 Å². The maximum Gasteiger partial charge on any atom is 0.308 e. The van der Waals surface area contributed by atoms with Gasteiger partial charge in [-0.05, 0) is 48.4 Å². The van der Waals surface area contributed by atoms with E-state index in [1.807, 2.05) is 6.07 Å². The van der Waals surface area contributed by atoms with Crippen molar-refractivity contribution in [2.24, 2.45) is 0 Å². The predicted molar refractivity (Wildman–Crippen MR) is 110 cm³/mol. The standard InChI is InChI=1S/C20H16BrClN2O4/c1-11-16(22)5-4-6-17(11)24-20(26)14(10-23)7-13-8-18(27-3)19(9-15(13)21)28-12(2)25/h4-9H,1-3H3,(H,24,26)/b14-7+. The molecule has 6 nitrogen and oxygen atoms in total. The van der Waals surface area contributed by atoms with Gasteiger partial charge in [0.15, 0.2) is 11.5 Å². The predicted octanol–water partition coefficient (Wildman–Crippen LogP) is 4.89. The van der Waals surface area contributed by atoms with Crippen LogP contribution in [0.2, 0.25) is 5.02 Å². The van der Waals surface area contributed by atoms with Gasteiger partial charge in [0.25, 0.3) is 5.91 Å². The molecule has 2 aromatic carbocycles. The lowest BCUT2D eigenvalue weighted by Crippen LogP contribution is -2.14. The van der Waals surface area contributed by atoms with E-state index in [1.54, 1.807) is 31.2 Å². The van der Waals surface area contributed by atoms with Crippen molar-refractivity contribution in [1.29, 1.82) is 5.26 Å². The van der Waals surface area contributed by atoms with Crippen LogP contribution >= 0.6 is 27.5 Å². The van der Waals surface area contributed by atoms with E-state index in [0.29, 0.717) is 26.3 Å². The Morgan fingerprint density at radius 2 is 2.00 bits per heavy atom. The second-order valence-electron chi connectivity index (χ2n) is 5.65. The van der Waals surface area contributed by atoms with Crippen LogP contribution in [0.15, 0.2) is 40.4 Å². The number of amides is 1. The lowest BCUT2D eigenvalue weighted by Gasteiger charge is -2.11. The highest BCUT2D eigenvalue weighted by atomic mass is 79.9. The zero-order chi connectivity index (χ0) is 20.8. The lowest BCUT2D eigenvalue weighted by atomic mass is 10.1. The molecule has 0 aliphatic rings. The molecule has 0 saturated carbocycles. The zero-order valence-corrected chi connectivity index (χ0v) is 17.6. The Kier molecular flexibility index (Phi) is 7.21. The number of halogens is 2. The minimum Gasteiger partial charge on any atom is -0.493 e. The fourth-order valence-corrected chi connectivity index (χ4v) is 2.90. The molecule has 0 aliphatic heterocycles. The van der Waals surface area contributed by atoms with Crippen molar-refractivity contribution in [1.82, 2.24) is 0 Å². The second kappa shape index (κ2) is 9.40. The van der Waals surface area contributed by atoms with Gasteiger partial charge in [0.05, 0.1) is 7.11 Å². The number of hydrogen-bond acceptors (Lipinski definition) is 5.